The third-order valence-corrected chi connectivity index (χ3v) is 13.6. The van der Waals surface area contributed by atoms with E-state index in [-0.39, 0.29) is 0 Å². The highest BCUT2D eigenvalue weighted by Crippen LogP contribution is 2.64. The van der Waals surface area contributed by atoms with Crippen LogP contribution in [0.4, 0.5) is 17.1 Å². The second-order valence-corrected chi connectivity index (χ2v) is 16.8. The first-order valence-corrected chi connectivity index (χ1v) is 21.9. The van der Waals surface area contributed by atoms with Crippen LogP contribution in [0.1, 0.15) is 44.5 Å². The molecule has 0 amide bonds. The molecule has 1 spiro atoms. The molecule has 63 heavy (non-hydrogen) atoms. The van der Waals surface area contributed by atoms with Crippen LogP contribution >= 0.6 is 0 Å². The molecule has 0 saturated heterocycles. The van der Waals surface area contributed by atoms with Crippen LogP contribution in [-0.4, -0.2) is 0 Å². The summed E-state index contributed by atoms with van der Waals surface area (Å²) in [4.78, 5) is 2.30. The van der Waals surface area contributed by atoms with E-state index in [1.165, 1.54) is 77.9 Å². The number of anilines is 3. The van der Waals surface area contributed by atoms with Crippen LogP contribution in [0, 0.1) is 0 Å². The van der Waals surface area contributed by atoms with Crippen LogP contribution in [0.15, 0.2) is 261 Å². The topological polar surface area (TPSA) is 3.24 Å². The molecule has 1 nitrogen and oxygen atoms in total. The number of hydrogen-bond donors (Lipinski definition) is 0. The maximum atomic E-state index is 2.49. The van der Waals surface area contributed by atoms with Gasteiger partial charge in [-0.2, -0.15) is 0 Å². The molecule has 0 radical (unpaired) electrons. The molecule has 2 aliphatic carbocycles. The van der Waals surface area contributed by atoms with Crippen molar-refractivity contribution in [3.8, 4) is 33.4 Å². The molecule has 10 aromatic rings. The first kappa shape index (κ1) is 36.8. The van der Waals surface area contributed by atoms with Crippen molar-refractivity contribution in [2.24, 2.45) is 0 Å². The Kier molecular flexibility index (Phi) is 8.69. The van der Waals surface area contributed by atoms with Gasteiger partial charge in [-0.15, -0.1) is 0 Å². The van der Waals surface area contributed by atoms with Gasteiger partial charge in [0.25, 0.3) is 0 Å². The molecular formula is C62H43N. The lowest BCUT2D eigenvalue weighted by molar-refractivity contribution is 0.624. The number of nitrogens with zero attached hydrogens (tertiary/aromatic N) is 1. The van der Waals surface area contributed by atoms with Gasteiger partial charge in [0.05, 0.1) is 10.8 Å². The number of rotatable bonds is 7. The summed E-state index contributed by atoms with van der Waals surface area (Å²) in [6, 6.07) is 96.3. The monoisotopic (exact) mass is 801 g/mol. The minimum atomic E-state index is -0.531. The Balaban J connectivity index is 0.988. The molecule has 0 fully saturated rings. The number of fused-ring (bicyclic) bond motifs is 9. The summed E-state index contributed by atoms with van der Waals surface area (Å²) in [7, 11) is 0. The second-order valence-electron chi connectivity index (χ2n) is 16.8. The van der Waals surface area contributed by atoms with Crippen LogP contribution in [-0.2, 0) is 10.8 Å². The Labute approximate surface area is 369 Å². The number of para-hydroxylation sites is 2. The van der Waals surface area contributed by atoms with Crippen molar-refractivity contribution in [3.63, 3.8) is 0 Å². The van der Waals surface area contributed by atoms with Crippen molar-refractivity contribution in [1.82, 2.24) is 0 Å². The van der Waals surface area contributed by atoms with Crippen LogP contribution < -0.4 is 4.90 Å². The highest BCUT2D eigenvalue weighted by molar-refractivity contribution is 5.91. The van der Waals surface area contributed by atoms with Gasteiger partial charge in [-0.05, 0) is 120 Å². The average molecular weight is 802 g/mol. The highest BCUT2D eigenvalue weighted by atomic mass is 15.1. The molecule has 0 heterocycles. The van der Waals surface area contributed by atoms with Gasteiger partial charge in [-0.1, -0.05) is 218 Å². The number of benzene rings is 10. The lowest BCUT2D eigenvalue weighted by atomic mass is 9.51. The Morgan fingerprint density at radius 2 is 0.556 bits per heavy atom. The lowest BCUT2D eigenvalue weighted by Crippen LogP contribution is -2.44. The second kappa shape index (κ2) is 14.9. The molecule has 1 heteroatoms. The molecule has 0 unspecified atom stereocenters. The summed E-state index contributed by atoms with van der Waals surface area (Å²) in [5.74, 6) is 0. The van der Waals surface area contributed by atoms with E-state index in [4.69, 9.17) is 0 Å². The molecular weight excluding hydrogens is 759 g/mol. The van der Waals surface area contributed by atoms with Crippen LogP contribution in [0.25, 0.3) is 33.4 Å². The highest BCUT2D eigenvalue weighted by Gasteiger charge is 2.56. The Morgan fingerprint density at radius 1 is 0.222 bits per heavy atom. The smallest absolute Gasteiger partial charge is 0.0720 e. The van der Waals surface area contributed by atoms with Gasteiger partial charge in [-0.3, -0.25) is 0 Å². The van der Waals surface area contributed by atoms with Crippen molar-refractivity contribution in [2.45, 2.75) is 10.8 Å². The van der Waals surface area contributed by atoms with Gasteiger partial charge >= 0.3 is 0 Å². The van der Waals surface area contributed by atoms with E-state index in [9.17, 15) is 0 Å². The van der Waals surface area contributed by atoms with Crippen molar-refractivity contribution in [2.75, 3.05) is 4.90 Å². The largest absolute Gasteiger partial charge is 0.311 e. The molecule has 0 bridgehead atoms. The number of hydrogen-bond acceptors (Lipinski definition) is 1. The maximum absolute atomic E-state index is 2.49. The fourth-order valence-electron chi connectivity index (χ4n) is 11.0. The zero-order chi connectivity index (χ0) is 41.8. The van der Waals surface area contributed by atoms with Crippen LogP contribution in [0.5, 0.6) is 0 Å². The molecule has 296 valence electrons. The van der Waals surface area contributed by atoms with Gasteiger partial charge in [0.15, 0.2) is 0 Å². The summed E-state index contributed by atoms with van der Waals surface area (Å²) >= 11 is 0. The van der Waals surface area contributed by atoms with Gasteiger partial charge in [0, 0.05) is 17.1 Å². The van der Waals surface area contributed by atoms with Crippen molar-refractivity contribution in [1.29, 1.82) is 0 Å². The maximum Gasteiger partial charge on any atom is 0.0720 e. The summed E-state index contributed by atoms with van der Waals surface area (Å²) < 4.78 is 0. The molecule has 10 aromatic carbocycles. The van der Waals surface area contributed by atoms with E-state index in [0.717, 1.165) is 17.1 Å². The summed E-state index contributed by atoms with van der Waals surface area (Å²) in [5.41, 5.74) is 20.2. The van der Waals surface area contributed by atoms with E-state index in [1.807, 2.05) is 0 Å². The Morgan fingerprint density at radius 3 is 1.05 bits per heavy atom. The van der Waals surface area contributed by atoms with Gasteiger partial charge < -0.3 is 4.90 Å². The quantitative estimate of drug-likeness (QED) is 0.155. The standard InChI is InChI=1S/C62H43N/c1-5-19-48(20-6-1)61(49-21-7-2-8-22-49)56-29-15-17-31-58(56)62(59-32-18-16-30-57(59)61)55-28-14-13-27-53(55)54-42-39-47(43-60(54)62)46-35-33-44(34-36-46)45-37-40-52(41-38-45)63(50-23-9-3-10-24-50)51-25-11-4-12-26-51/h1-43H. The van der Waals surface area contributed by atoms with Crippen molar-refractivity contribution >= 4 is 17.1 Å². The molecule has 0 N–H and O–H groups in total. The molecule has 0 atom stereocenters. The molecule has 2 aliphatic rings. The predicted molar refractivity (Wildman–Crippen MR) is 261 cm³/mol. The fraction of sp³-hybridized carbons (Fsp3) is 0.0323. The van der Waals surface area contributed by atoms with E-state index in [0.29, 0.717) is 0 Å². The minimum absolute atomic E-state index is 0.522. The molecule has 0 saturated carbocycles. The molecule has 0 aliphatic heterocycles. The van der Waals surface area contributed by atoms with E-state index >= 15 is 0 Å². The fourth-order valence-corrected chi connectivity index (χ4v) is 11.0. The summed E-state index contributed by atoms with van der Waals surface area (Å²) in [6.07, 6.45) is 0. The molecule has 12 rings (SSSR count). The van der Waals surface area contributed by atoms with Crippen molar-refractivity contribution < 1.29 is 0 Å². The minimum Gasteiger partial charge on any atom is -0.311 e. The first-order valence-electron chi connectivity index (χ1n) is 21.9. The summed E-state index contributed by atoms with van der Waals surface area (Å²) in [5, 5.41) is 0. The van der Waals surface area contributed by atoms with Gasteiger partial charge in [0.2, 0.25) is 0 Å². The zero-order valence-electron chi connectivity index (χ0n) is 34.8. The first-order chi connectivity index (χ1) is 31.3. The third-order valence-electron chi connectivity index (χ3n) is 13.6. The van der Waals surface area contributed by atoms with Gasteiger partial charge in [-0.25, -0.2) is 0 Å². The SMILES string of the molecule is c1ccc(N(c2ccccc2)c2ccc(-c3ccc(-c4ccc5c(c4)C4(c6ccccc6-5)c5ccccc5C(c5ccccc5)(c5ccccc5)c5ccccc54)cc3)cc2)cc1. The Bertz CT molecular complexity index is 3120. The predicted octanol–water partition coefficient (Wildman–Crippen LogP) is 15.5. The zero-order valence-corrected chi connectivity index (χ0v) is 34.8. The average Bonchev–Trinajstić information content (AvgIpc) is 3.66. The summed E-state index contributed by atoms with van der Waals surface area (Å²) in [6.45, 7) is 0. The lowest BCUT2D eigenvalue weighted by Gasteiger charge is -2.50. The van der Waals surface area contributed by atoms with E-state index in [2.05, 4.69) is 266 Å². The van der Waals surface area contributed by atoms with Crippen LogP contribution in [0.3, 0.4) is 0 Å². The van der Waals surface area contributed by atoms with E-state index < -0.39 is 10.8 Å². The van der Waals surface area contributed by atoms with E-state index in [1.54, 1.807) is 0 Å². The van der Waals surface area contributed by atoms with Crippen LogP contribution in [0.2, 0.25) is 0 Å². The molecule has 0 aromatic heterocycles. The van der Waals surface area contributed by atoms with Gasteiger partial charge in [0.1, 0.15) is 0 Å². The normalized spacial score (nSPS) is 13.7. The third kappa shape index (κ3) is 5.56. The van der Waals surface area contributed by atoms with Crippen molar-refractivity contribution in [3.05, 3.63) is 305 Å². The Hall–Kier alpha value is -8.00.